The van der Waals surface area contributed by atoms with Crippen LogP contribution >= 0.6 is 22.7 Å². The number of carboxylic acid groups (broad SMARTS) is 1. The summed E-state index contributed by atoms with van der Waals surface area (Å²) in [6.07, 6.45) is -0.507. The Morgan fingerprint density at radius 2 is 1.83 bits per heavy atom. The fourth-order valence-electron chi connectivity index (χ4n) is 2.19. The molecule has 0 saturated heterocycles. The lowest BCUT2D eigenvalue weighted by molar-refractivity contribution is -0.148. The van der Waals surface area contributed by atoms with Crippen LogP contribution in [0.4, 0.5) is 0 Å². The topological polar surface area (TPSA) is 97.7 Å². The van der Waals surface area contributed by atoms with Crippen molar-refractivity contribution in [2.45, 2.75) is 19.4 Å². The van der Waals surface area contributed by atoms with Gasteiger partial charge in [-0.15, -0.1) is 22.7 Å². The Kier molecular flexibility index (Phi) is 4.10. The van der Waals surface area contributed by atoms with Gasteiger partial charge in [-0.3, -0.25) is 19.2 Å². The van der Waals surface area contributed by atoms with Crippen LogP contribution in [0.3, 0.4) is 0 Å². The van der Waals surface area contributed by atoms with Gasteiger partial charge in [-0.25, -0.2) is 0 Å². The monoisotopic (exact) mass is 350 g/mol. The van der Waals surface area contributed by atoms with Crippen LogP contribution in [-0.4, -0.2) is 28.6 Å². The van der Waals surface area contributed by atoms with Crippen LogP contribution in [0, 0.1) is 0 Å². The van der Waals surface area contributed by atoms with Crippen LogP contribution in [0.5, 0.6) is 0 Å². The number of thiophene rings is 2. The summed E-state index contributed by atoms with van der Waals surface area (Å²) in [7, 11) is 0. The molecule has 0 radical (unpaired) electrons. The molecule has 1 N–H and O–H groups in total. The summed E-state index contributed by atoms with van der Waals surface area (Å²) in [6, 6.07) is 3.20. The zero-order valence-corrected chi connectivity index (χ0v) is 13.3. The molecular formula is C15H10O6S2. The van der Waals surface area contributed by atoms with E-state index in [1.165, 1.54) is 11.3 Å². The van der Waals surface area contributed by atoms with Crippen LogP contribution < -0.4 is 0 Å². The van der Waals surface area contributed by atoms with Crippen LogP contribution in [0.25, 0.3) is 0 Å². The number of rotatable bonds is 5. The fraction of sp³-hybridized carbons (Fsp3) is 0.200. The smallest absolute Gasteiger partial charge is 0.306 e. The van der Waals surface area contributed by atoms with Crippen molar-refractivity contribution in [1.82, 2.24) is 0 Å². The summed E-state index contributed by atoms with van der Waals surface area (Å²) in [5.41, 5.74) is 0.755. The lowest BCUT2D eigenvalue weighted by Gasteiger charge is -2.08. The zero-order valence-electron chi connectivity index (χ0n) is 11.7. The number of aliphatic carboxylic acids is 1. The summed E-state index contributed by atoms with van der Waals surface area (Å²) in [6.45, 7) is -0.0790. The zero-order chi connectivity index (χ0) is 16.6. The number of carbonyl (C=O) groups is 4. The van der Waals surface area contributed by atoms with Gasteiger partial charge < -0.3 is 9.84 Å². The summed E-state index contributed by atoms with van der Waals surface area (Å²) >= 11 is 2.35. The average Bonchev–Trinajstić information content (AvgIpc) is 3.15. The molecule has 0 atom stereocenters. The van der Waals surface area contributed by atoms with E-state index in [2.05, 4.69) is 0 Å². The lowest BCUT2D eigenvalue weighted by Crippen LogP contribution is -2.15. The lowest BCUT2D eigenvalue weighted by atomic mass is 9.96. The second-order valence-electron chi connectivity index (χ2n) is 4.83. The largest absolute Gasteiger partial charge is 0.481 e. The molecule has 0 spiro atoms. The van der Waals surface area contributed by atoms with E-state index in [1.807, 2.05) is 0 Å². The van der Waals surface area contributed by atoms with Crippen molar-refractivity contribution in [1.29, 1.82) is 0 Å². The van der Waals surface area contributed by atoms with Crippen molar-refractivity contribution in [3.8, 4) is 0 Å². The van der Waals surface area contributed by atoms with Crippen molar-refractivity contribution in [3.05, 3.63) is 43.3 Å². The molecule has 2 aromatic rings. The highest BCUT2D eigenvalue weighted by atomic mass is 32.1. The van der Waals surface area contributed by atoms with Crippen molar-refractivity contribution in [2.75, 3.05) is 0 Å². The standard InChI is InChI=1S/C15H10O6S2/c16-10(17)1-2-11(18)21-6-7-5-9-13(20)14-8(3-4-22-14)12(19)15(9)23-7/h3-5H,1-2,6H2,(H,16,17). The van der Waals surface area contributed by atoms with Crippen molar-refractivity contribution in [2.24, 2.45) is 0 Å². The molecule has 118 valence electrons. The Labute approximate surface area is 138 Å². The molecule has 3 rings (SSSR count). The predicted molar refractivity (Wildman–Crippen MR) is 82.2 cm³/mol. The molecule has 2 aromatic heterocycles. The average molecular weight is 350 g/mol. The van der Waals surface area contributed by atoms with Gasteiger partial charge in [0.15, 0.2) is 0 Å². The molecule has 6 nitrogen and oxygen atoms in total. The van der Waals surface area contributed by atoms with Gasteiger partial charge in [0, 0.05) is 16.0 Å². The summed E-state index contributed by atoms with van der Waals surface area (Å²) in [4.78, 5) is 47.8. The molecule has 0 amide bonds. The van der Waals surface area contributed by atoms with E-state index in [-0.39, 0.29) is 31.0 Å². The van der Waals surface area contributed by atoms with Gasteiger partial charge in [0.2, 0.25) is 11.6 Å². The van der Waals surface area contributed by atoms with Gasteiger partial charge >= 0.3 is 11.9 Å². The van der Waals surface area contributed by atoms with Gasteiger partial charge in [-0.1, -0.05) is 0 Å². The minimum Gasteiger partial charge on any atom is -0.481 e. The number of esters is 1. The first-order valence-corrected chi connectivity index (χ1v) is 8.34. The number of hydrogen-bond acceptors (Lipinski definition) is 7. The second kappa shape index (κ2) is 6.05. The SMILES string of the molecule is O=C(O)CCC(=O)OCc1cc2c(s1)C(=O)c1ccsc1C2=O. The van der Waals surface area contributed by atoms with Gasteiger partial charge in [0.05, 0.1) is 22.6 Å². The Balaban J connectivity index is 1.73. The van der Waals surface area contributed by atoms with Crippen LogP contribution in [-0.2, 0) is 20.9 Å². The first-order valence-electron chi connectivity index (χ1n) is 6.64. The van der Waals surface area contributed by atoms with Gasteiger partial charge in [-0.05, 0) is 17.5 Å². The maximum atomic E-state index is 12.3. The third-order valence-corrected chi connectivity index (χ3v) is 5.29. The molecule has 1 aliphatic rings. The third-order valence-electron chi connectivity index (χ3n) is 3.27. The van der Waals surface area contributed by atoms with Crippen LogP contribution in [0.2, 0.25) is 0 Å². The summed E-state index contributed by atoms with van der Waals surface area (Å²) < 4.78 is 4.97. The van der Waals surface area contributed by atoms with Crippen LogP contribution in [0.15, 0.2) is 17.5 Å². The first kappa shape index (κ1) is 15.6. The number of carbonyl (C=O) groups excluding carboxylic acids is 3. The fourth-order valence-corrected chi connectivity index (χ4v) is 4.06. The molecule has 0 aromatic carbocycles. The molecule has 1 aliphatic carbocycles. The van der Waals surface area contributed by atoms with E-state index in [0.29, 0.717) is 25.8 Å². The minimum absolute atomic E-state index is 0.0790. The van der Waals surface area contributed by atoms with Crippen molar-refractivity contribution in [3.63, 3.8) is 0 Å². The number of fused-ring (bicyclic) bond motifs is 2. The first-order chi connectivity index (χ1) is 11.0. The Hall–Kier alpha value is -2.32. The summed E-state index contributed by atoms with van der Waals surface area (Å²) in [5.74, 6) is -2.08. The molecular weight excluding hydrogens is 340 g/mol. The van der Waals surface area contributed by atoms with Gasteiger partial charge in [0.25, 0.3) is 0 Å². The maximum Gasteiger partial charge on any atom is 0.306 e. The molecule has 2 heterocycles. The number of ketones is 2. The third kappa shape index (κ3) is 2.95. The van der Waals surface area contributed by atoms with E-state index in [4.69, 9.17) is 9.84 Å². The van der Waals surface area contributed by atoms with E-state index in [9.17, 15) is 19.2 Å². The molecule has 23 heavy (non-hydrogen) atoms. The summed E-state index contributed by atoms with van der Waals surface area (Å²) in [5, 5.41) is 10.2. The van der Waals surface area contributed by atoms with E-state index < -0.39 is 11.9 Å². The highest BCUT2D eigenvalue weighted by Gasteiger charge is 2.33. The van der Waals surface area contributed by atoms with Crippen LogP contribution in [0.1, 0.15) is 48.2 Å². The van der Waals surface area contributed by atoms with E-state index in [1.54, 1.807) is 17.5 Å². The Morgan fingerprint density at radius 1 is 1.09 bits per heavy atom. The molecule has 0 bridgehead atoms. The number of ether oxygens (including phenoxy) is 1. The van der Waals surface area contributed by atoms with Crippen molar-refractivity contribution >= 4 is 46.2 Å². The molecule has 0 fully saturated rings. The molecule has 0 unspecified atom stereocenters. The number of carboxylic acids is 1. The van der Waals surface area contributed by atoms with Gasteiger partial charge in [0.1, 0.15) is 6.61 Å². The molecule has 0 aliphatic heterocycles. The van der Waals surface area contributed by atoms with E-state index in [0.717, 1.165) is 11.3 Å². The van der Waals surface area contributed by atoms with Crippen molar-refractivity contribution < 1.29 is 29.0 Å². The Bertz CT molecular complexity index is 781. The quantitative estimate of drug-likeness (QED) is 0.710. The minimum atomic E-state index is -1.07. The second-order valence-corrected chi connectivity index (χ2v) is 6.88. The highest BCUT2D eigenvalue weighted by Crippen LogP contribution is 2.35. The normalized spacial score (nSPS) is 12.7. The molecule has 0 saturated carbocycles. The number of hydrogen-bond donors (Lipinski definition) is 1. The van der Waals surface area contributed by atoms with E-state index >= 15 is 0 Å². The highest BCUT2D eigenvalue weighted by molar-refractivity contribution is 7.16. The Morgan fingerprint density at radius 3 is 2.57 bits per heavy atom. The maximum absolute atomic E-state index is 12.3. The predicted octanol–water partition coefficient (Wildman–Crippen LogP) is 2.49. The van der Waals surface area contributed by atoms with Gasteiger partial charge in [-0.2, -0.15) is 0 Å². The molecule has 8 heteroatoms.